The number of methoxy groups -OCH3 is 1. The van der Waals surface area contributed by atoms with Gasteiger partial charge in [-0.15, -0.1) is 0 Å². The van der Waals surface area contributed by atoms with Crippen molar-refractivity contribution in [3.8, 4) is 11.8 Å². The zero-order valence-corrected chi connectivity index (χ0v) is 15.2. The molecule has 1 heterocycles. The second kappa shape index (κ2) is 8.03. The van der Waals surface area contributed by atoms with Gasteiger partial charge in [0.1, 0.15) is 11.8 Å². The van der Waals surface area contributed by atoms with Crippen LogP contribution in [0.3, 0.4) is 0 Å². The first kappa shape index (κ1) is 18.0. The third-order valence-corrected chi connectivity index (χ3v) is 4.90. The van der Waals surface area contributed by atoms with E-state index in [-0.39, 0.29) is 11.9 Å². The van der Waals surface area contributed by atoms with Crippen molar-refractivity contribution in [3.63, 3.8) is 0 Å². The quantitative estimate of drug-likeness (QED) is 0.851. The predicted molar refractivity (Wildman–Crippen MR) is 100 cm³/mol. The Morgan fingerprint density at radius 1 is 1.08 bits per heavy atom. The maximum absolute atomic E-state index is 12.7. The molecule has 1 atom stereocenters. The molecule has 3 rings (SSSR count). The molecule has 0 spiro atoms. The fourth-order valence-corrected chi connectivity index (χ4v) is 3.32. The minimum absolute atomic E-state index is 0.0701. The lowest BCUT2D eigenvalue weighted by Gasteiger charge is -2.37. The number of carbonyl (C=O) groups excluding carboxylic acids is 1. The smallest absolute Gasteiger partial charge is 0.254 e. The van der Waals surface area contributed by atoms with Gasteiger partial charge < -0.3 is 9.64 Å². The molecule has 26 heavy (non-hydrogen) atoms. The Balaban J connectivity index is 1.66. The Hall–Kier alpha value is -2.84. The molecule has 0 saturated carbocycles. The highest BCUT2D eigenvalue weighted by atomic mass is 16.5. The highest BCUT2D eigenvalue weighted by Gasteiger charge is 2.27. The van der Waals surface area contributed by atoms with Gasteiger partial charge in [-0.2, -0.15) is 5.26 Å². The minimum atomic E-state index is -0.309. The van der Waals surface area contributed by atoms with Crippen LogP contribution in [0.1, 0.15) is 27.5 Å². The van der Waals surface area contributed by atoms with Gasteiger partial charge in [0.2, 0.25) is 0 Å². The van der Waals surface area contributed by atoms with Gasteiger partial charge in [0.05, 0.1) is 13.2 Å². The third-order valence-electron chi connectivity index (χ3n) is 4.90. The SMILES string of the molecule is COc1ccc(C(C#N)N2CCN(C(=O)c3ccccc3C)CC2)cc1. The van der Waals surface area contributed by atoms with Crippen molar-refractivity contribution < 1.29 is 9.53 Å². The van der Waals surface area contributed by atoms with Crippen LogP contribution in [-0.2, 0) is 0 Å². The summed E-state index contributed by atoms with van der Waals surface area (Å²) in [5.74, 6) is 0.847. The fourth-order valence-electron chi connectivity index (χ4n) is 3.32. The molecule has 0 aromatic heterocycles. The summed E-state index contributed by atoms with van der Waals surface area (Å²) in [6.45, 7) is 4.58. The molecule has 1 amide bonds. The third kappa shape index (κ3) is 3.71. The predicted octanol–water partition coefficient (Wildman–Crippen LogP) is 3.03. The van der Waals surface area contributed by atoms with Crippen LogP contribution in [0.2, 0.25) is 0 Å². The summed E-state index contributed by atoms with van der Waals surface area (Å²) in [5, 5.41) is 9.64. The highest BCUT2D eigenvalue weighted by Crippen LogP contribution is 2.24. The molecule has 134 valence electrons. The van der Waals surface area contributed by atoms with E-state index >= 15 is 0 Å². The minimum Gasteiger partial charge on any atom is -0.497 e. The van der Waals surface area contributed by atoms with E-state index in [0.29, 0.717) is 26.2 Å². The Morgan fingerprint density at radius 2 is 1.73 bits per heavy atom. The van der Waals surface area contributed by atoms with E-state index in [1.54, 1.807) is 7.11 Å². The molecule has 0 bridgehead atoms. The number of nitriles is 1. The van der Waals surface area contributed by atoms with E-state index in [9.17, 15) is 10.1 Å². The lowest BCUT2D eigenvalue weighted by Crippen LogP contribution is -2.49. The average Bonchev–Trinajstić information content (AvgIpc) is 2.69. The Kier molecular flexibility index (Phi) is 5.55. The highest BCUT2D eigenvalue weighted by molar-refractivity contribution is 5.95. The summed E-state index contributed by atoms with van der Waals surface area (Å²) in [6.07, 6.45) is 0. The van der Waals surface area contributed by atoms with Crippen molar-refractivity contribution in [1.29, 1.82) is 5.26 Å². The first-order valence-electron chi connectivity index (χ1n) is 8.76. The first-order chi connectivity index (χ1) is 12.6. The summed E-state index contributed by atoms with van der Waals surface area (Å²) >= 11 is 0. The largest absolute Gasteiger partial charge is 0.497 e. The van der Waals surface area contributed by atoms with Gasteiger partial charge in [-0.05, 0) is 36.2 Å². The zero-order valence-electron chi connectivity index (χ0n) is 15.2. The van der Waals surface area contributed by atoms with Crippen LogP contribution in [-0.4, -0.2) is 49.0 Å². The van der Waals surface area contributed by atoms with Crippen molar-refractivity contribution in [1.82, 2.24) is 9.80 Å². The van der Waals surface area contributed by atoms with Gasteiger partial charge in [0.25, 0.3) is 5.91 Å². The molecule has 2 aromatic carbocycles. The van der Waals surface area contributed by atoms with Crippen LogP contribution in [0, 0.1) is 18.3 Å². The molecule has 5 nitrogen and oxygen atoms in total. The van der Waals surface area contributed by atoms with E-state index in [1.165, 1.54) is 0 Å². The number of rotatable bonds is 4. The number of aryl methyl sites for hydroxylation is 1. The molecule has 1 saturated heterocycles. The van der Waals surface area contributed by atoms with Crippen LogP contribution in [0.5, 0.6) is 5.75 Å². The van der Waals surface area contributed by atoms with Crippen LogP contribution >= 0.6 is 0 Å². The van der Waals surface area contributed by atoms with Gasteiger partial charge in [-0.3, -0.25) is 9.69 Å². The van der Waals surface area contributed by atoms with Crippen molar-refractivity contribution in [2.45, 2.75) is 13.0 Å². The summed E-state index contributed by atoms with van der Waals surface area (Å²) in [4.78, 5) is 16.7. The summed E-state index contributed by atoms with van der Waals surface area (Å²) in [6, 6.07) is 17.4. The molecule has 0 N–H and O–H groups in total. The molecule has 2 aromatic rings. The van der Waals surface area contributed by atoms with E-state index < -0.39 is 0 Å². The van der Waals surface area contributed by atoms with Crippen LogP contribution < -0.4 is 4.74 Å². The number of amides is 1. The average molecular weight is 349 g/mol. The molecule has 1 aliphatic heterocycles. The summed E-state index contributed by atoms with van der Waals surface area (Å²) in [5.41, 5.74) is 2.70. The maximum Gasteiger partial charge on any atom is 0.254 e. The van der Waals surface area contributed by atoms with Gasteiger partial charge >= 0.3 is 0 Å². The van der Waals surface area contributed by atoms with Crippen molar-refractivity contribution >= 4 is 5.91 Å². The number of piperazine rings is 1. The summed E-state index contributed by atoms with van der Waals surface area (Å²) < 4.78 is 5.18. The maximum atomic E-state index is 12.7. The Labute approximate surface area is 154 Å². The molecule has 1 aliphatic rings. The van der Waals surface area contributed by atoms with E-state index in [1.807, 2.05) is 60.4 Å². The molecule has 5 heteroatoms. The number of carbonyl (C=O) groups is 1. The first-order valence-corrected chi connectivity index (χ1v) is 8.76. The van der Waals surface area contributed by atoms with Crippen LogP contribution in [0.4, 0.5) is 0 Å². The van der Waals surface area contributed by atoms with E-state index in [2.05, 4.69) is 11.0 Å². The van der Waals surface area contributed by atoms with E-state index in [0.717, 1.165) is 22.4 Å². The number of nitrogens with zero attached hydrogens (tertiary/aromatic N) is 3. The van der Waals surface area contributed by atoms with Gasteiger partial charge in [-0.25, -0.2) is 0 Å². The Morgan fingerprint density at radius 3 is 2.31 bits per heavy atom. The lowest BCUT2D eigenvalue weighted by atomic mass is 10.0. The topological polar surface area (TPSA) is 56.6 Å². The molecule has 1 unspecified atom stereocenters. The zero-order chi connectivity index (χ0) is 18.5. The second-order valence-electron chi connectivity index (χ2n) is 6.45. The van der Waals surface area contributed by atoms with Crippen molar-refractivity contribution in [3.05, 3.63) is 65.2 Å². The lowest BCUT2D eigenvalue weighted by molar-refractivity contribution is 0.0605. The van der Waals surface area contributed by atoms with Gasteiger partial charge in [-0.1, -0.05) is 30.3 Å². The second-order valence-corrected chi connectivity index (χ2v) is 6.45. The Bertz CT molecular complexity index is 803. The summed E-state index contributed by atoms with van der Waals surface area (Å²) in [7, 11) is 1.63. The van der Waals surface area contributed by atoms with Crippen molar-refractivity contribution in [2.24, 2.45) is 0 Å². The number of hydrogen-bond donors (Lipinski definition) is 0. The normalized spacial score (nSPS) is 16.0. The molecule has 0 aliphatic carbocycles. The number of hydrogen-bond acceptors (Lipinski definition) is 4. The standard InChI is InChI=1S/C21H23N3O2/c1-16-5-3-4-6-19(16)21(25)24-13-11-23(12-14-24)20(15-22)17-7-9-18(26-2)10-8-17/h3-10,20H,11-14H2,1-2H3. The molecular weight excluding hydrogens is 326 g/mol. The van der Waals surface area contributed by atoms with Crippen LogP contribution in [0.25, 0.3) is 0 Å². The van der Waals surface area contributed by atoms with Crippen LogP contribution in [0.15, 0.2) is 48.5 Å². The number of ether oxygens (including phenoxy) is 1. The monoisotopic (exact) mass is 349 g/mol. The fraction of sp³-hybridized carbons (Fsp3) is 0.333. The molecule has 1 fully saturated rings. The van der Waals surface area contributed by atoms with Gasteiger partial charge in [0.15, 0.2) is 0 Å². The number of benzene rings is 2. The van der Waals surface area contributed by atoms with Gasteiger partial charge in [0, 0.05) is 31.7 Å². The van der Waals surface area contributed by atoms with Crippen molar-refractivity contribution in [2.75, 3.05) is 33.3 Å². The van der Waals surface area contributed by atoms with E-state index in [4.69, 9.17) is 4.74 Å². The molecular formula is C21H23N3O2. The molecule has 0 radical (unpaired) electrons.